The fraction of sp³-hybridized carbons (Fsp3) is 0.825. The summed E-state index contributed by atoms with van der Waals surface area (Å²) in [6.45, 7) is 6.62. The first-order valence-electron chi connectivity index (χ1n) is 30.1. The normalized spacial score (nSPS) is 12.3. The molecule has 0 radical (unpaired) electrons. The topological polar surface area (TPSA) is 78.9 Å². The van der Waals surface area contributed by atoms with Gasteiger partial charge in [-0.25, -0.2) is 0 Å². The molecule has 0 fully saturated rings. The van der Waals surface area contributed by atoms with Gasteiger partial charge in [-0.2, -0.15) is 0 Å². The van der Waals surface area contributed by atoms with Gasteiger partial charge in [-0.3, -0.25) is 14.4 Å². The van der Waals surface area contributed by atoms with Crippen LogP contribution in [-0.4, -0.2) is 37.2 Å². The molecule has 0 rings (SSSR count). The molecule has 69 heavy (non-hydrogen) atoms. The highest BCUT2D eigenvalue weighted by Crippen LogP contribution is 2.16. The number of allylic oxidation sites excluding steroid dienone is 8. The Morgan fingerprint density at radius 1 is 0.290 bits per heavy atom. The minimum absolute atomic E-state index is 0.0784. The Labute approximate surface area is 428 Å². The summed E-state index contributed by atoms with van der Waals surface area (Å²) in [7, 11) is 0. The van der Waals surface area contributed by atoms with Crippen molar-refractivity contribution >= 4 is 17.9 Å². The minimum atomic E-state index is -0.781. The maximum absolute atomic E-state index is 12.9. The molecule has 402 valence electrons. The lowest BCUT2D eigenvalue weighted by Gasteiger charge is -2.18. The second-order valence-corrected chi connectivity index (χ2v) is 20.2. The third-order valence-corrected chi connectivity index (χ3v) is 13.3. The average molecular weight is 968 g/mol. The van der Waals surface area contributed by atoms with Crippen LogP contribution in [0.2, 0.25) is 0 Å². The van der Waals surface area contributed by atoms with Gasteiger partial charge in [0.05, 0.1) is 0 Å². The largest absolute Gasteiger partial charge is 0.462 e. The molecule has 6 heteroatoms. The van der Waals surface area contributed by atoms with Crippen molar-refractivity contribution in [1.29, 1.82) is 0 Å². The van der Waals surface area contributed by atoms with Crippen LogP contribution < -0.4 is 0 Å². The summed E-state index contributed by atoms with van der Waals surface area (Å²) in [5.74, 6) is -0.883. The first kappa shape index (κ1) is 66.4. The highest BCUT2D eigenvalue weighted by Gasteiger charge is 2.19. The summed E-state index contributed by atoms with van der Waals surface area (Å²) in [6.07, 6.45) is 71.0. The number of esters is 3. The van der Waals surface area contributed by atoms with Crippen LogP contribution in [0.3, 0.4) is 0 Å². The van der Waals surface area contributed by atoms with E-state index in [1.54, 1.807) is 0 Å². The van der Waals surface area contributed by atoms with Crippen LogP contribution in [-0.2, 0) is 28.6 Å². The Balaban J connectivity index is 4.33. The zero-order valence-electron chi connectivity index (χ0n) is 46.1. The predicted octanol–water partition coefficient (Wildman–Crippen LogP) is 20.2. The number of hydrogen-bond acceptors (Lipinski definition) is 6. The van der Waals surface area contributed by atoms with Crippen LogP contribution in [0.5, 0.6) is 0 Å². The Kier molecular flexibility index (Phi) is 55.7. The van der Waals surface area contributed by atoms with E-state index in [1.807, 2.05) is 0 Å². The molecule has 0 aromatic heterocycles. The maximum atomic E-state index is 12.9. The second-order valence-electron chi connectivity index (χ2n) is 20.2. The van der Waals surface area contributed by atoms with Gasteiger partial charge in [-0.1, -0.05) is 243 Å². The summed E-state index contributed by atoms with van der Waals surface area (Å²) >= 11 is 0. The molecule has 0 aliphatic heterocycles. The monoisotopic (exact) mass is 967 g/mol. The van der Waals surface area contributed by atoms with E-state index in [9.17, 15) is 14.4 Å². The lowest BCUT2D eigenvalue weighted by molar-refractivity contribution is -0.167. The van der Waals surface area contributed by atoms with Crippen LogP contribution in [0.15, 0.2) is 48.6 Å². The molecular formula is C63H114O6. The first-order valence-corrected chi connectivity index (χ1v) is 30.1. The Bertz CT molecular complexity index is 1200. The van der Waals surface area contributed by atoms with E-state index in [0.29, 0.717) is 19.3 Å². The third kappa shape index (κ3) is 56.2. The van der Waals surface area contributed by atoms with Gasteiger partial charge in [0.25, 0.3) is 0 Å². The molecule has 0 aliphatic carbocycles. The van der Waals surface area contributed by atoms with Gasteiger partial charge in [0.1, 0.15) is 13.2 Å². The highest BCUT2D eigenvalue weighted by molar-refractivity contribution is 5.71. The number of hydrogen-bond donors (Lipinski definition) is 0. The fourth-order valence-corrected chi connectivity index (χ4v) is 8.70. The zero-order chi connectivity index (χ0) is 50.0. The van der Waals surface area contributed by atoms with Gasteiger partial charge in [-0.15, -0.1) is 0 Å². The molecule has 0 N–H and O–H groups in total. The lowest BCUT2D eigenvalue weighted by atomic mass is 10.1. The lowest BCUT2D eigenvalue weighted by Crippen LogP contribution is -2.30. The van der Waals surface area contributed by atoms with Crippen molar-refractivity contribution in [2.75, 3.05) is 13.2 Å². The van der Waals surface area contributed by atoms with Crippen molar-refractivity contribution in [2.24, 2.45) is 0 Å². The fourth-order valence-electron chi connectivity index (χ4n) is 8.70. The van der Waals surface area contributed by atoms with Crippen LogP contribution in [0, 0.1) is 0 Å². The maximum Gasteiger partial charge on any atom is 0.306 e. The molecule has 0 saturated carbocycles. The smallest absolute Gasteiger partial charge is 0.306 e. The van der Waals surface area contributed by atoms with Gasteiger partial charge in [0.15, 0.2) is 6.10 Å². The van der Waals surface area contributed by atoms with Gasteiger partial charge in [0.2, 0.25) is 0 Å². The van der Waals surface area contributed by atoms with Crippen molar-refractivity contribution < 1.29 is 28.6 Å². The van der Waals surface area contributed by atoms with E-state index < -0.39 is 6.10 Å². The molecule has 0 aromatic rings. The summed E-state index contributed by atoms with van der Waals surface area (Å²) in [5.41, 5.74) is 0. The highest BCUT2D eigenvalue weighted by atomic mass is 16.6. The van der Waals surface area contributed by atoms with Crippen molar-refractivity contribution in [3.8, 4) is 0 Å². The van der Waals surface area contributed by atoms with E-state index in [4.69, 9.17) is 14.2 Å². The number of ether oxygens (including phenoxy) is 3. The Hall–Kier alpha value is -2.63. The second kappa shape index (κ2) is 57.9. The summed E-state index contributed by atoms with van der Waals surface area (Å²) in [5, 5.41) is 0. The number of carbonyl (C=O) groups excluding carboxylic acids is 3. The van der Waals surface area contributed by atoms with Crippen molar-refractivity contribution in [1.82, 2.24) is 0 Å². The van der Waals surface area contributed by atoms with Gasteiger partial charge in [-0.05, 0) is 103 Å². The van der Waals surface area contributed by atoms with E-state index in [0.717, 1.165) is 77.0 Å². The minimum Gasteiger partial charge on any atom is -0.462 e. The van der Waals surface area contributed by atoms with Crippen molar-refractivity contribution in [2.45, 2.75) is 322 Å². The number of rotatable bonds is 55. The standard InChI is InChI=1S/C63H114O6/c1-4-7-10-13-16-19-22-25-27-29-30-31-32-34-35-38-41-44-47-50-53-56-62(65)68-59-60(58-67-61(64)55-52-49-46-43-40-37-24-21-18-15-12-9-6-3)69-63(66)57-54-51-48-45-42-39-36-33-28-26-23-20-17-14-11-8-5-2/h17,20-21,24,26,28-30,60H,4-16,18-19,22-23,25,27,31-59H2,1-3H3/b20-17-,24-21-,28-26-,30-29-. The summed E-state index contributed by atoms with van der Waals surface area (Å²) in [6, 6.07) is 0. The van der Waals surface area contributed by atoms with Crippen LogP contribution in [0.1, 0.15) is 316 Å². The van der Waals surface area contributed by atoms with Crippen LogP contribution >= 0.6 is 0 Å². The van der Waals surface area contributed by atoms with Crippen molar-refractivity contribution in [3.63, 3.8) is 0 Å². The molecule has 0 heterocycles. The Morgan fingerprint density at radius 2 is 0.522 bits per heavy atom. The molecule has 0 saturated heterocycles. The Morgan fingerprint density at radius 3 is 0.855 bits per heavy atom. The molecule has 0 spiro atoms. The summed E-state index contributed by atoms with van der Waals surface area (Å²) in [4.78, 5) is 38.2. The zero-order valence-corrected chi connectivity index (χ0v) is 46.1. The third-order valence-electron chi connectivity index (χ3n) is 13.3. The quantitative estimate of drug-likeness (QED) is 0.0262. The molecular weight excluding hydrogens is 853 g/mol. The SMILES string of the molecule is CCCCC/C=C\C/C=C\CCCCCCCCCC(=O)OC(COC(=O)CCCCCCC/C=C\CCCCCC)COC(=O)CCCCCCCCCCC/C=C\CCCCCCCCCC. The van der Waals surface area contributed by atoms with Crippen LogP contribution in [0.4, 0.5) is 0 Å². The first-order chi connectivity index (χ1) is 34.0. The molecule has 0 amide bonds. The van der Waals surface area contributed by atoms with E-state index in [-0.39, 0.29) is 31.1 Å². The van der Waals surface area contributed by atoms with Gasteiger partial charge < -0.3 is 14.2 Å². The molecule has 1 unspecified atom stereocenters. The molecule has 0 bridgehead atoms. The van der Waals surface area contributed by atoms with Crippen molar-refractivity contribution in [3.05, 3.63) is 48.6 Å². The average Bonchev–Trinajstić information content (AvgIpc) is 3.35. The predicted molar refractivity (Wildman–Crippen MR) is 298 cm³/mol. The number of carbonyl (C=O) groups is 3. The number of unbranched alkanes of at least 4 members (excludes halogenated alkanes) is 36. The summed E-state index contributed by atoms with van der Waals surface area (Å²) < 4.78 is 16.9. The molecule has 1 atom stereocenters. The molecule has 6 nitrogen and oxygen atoms in total. The van der Waals surface area contributed by atoms with E-state index in [1.165, 1.54) is 199 Å². The van der Waals surface area contributed by atoms with E-state index >= 15 is 0 Å². The van der Waals surface area contributed by atoms with Crippen LogP contribution in [0.25, 0.3) is 0 Å². The van der Waals surface area contributed by atoms with Gasteiger partial charge in [0, 0.05) is 19.3 Å². The van der Waals surface area contributed by atoms with E-state index in [2.05, 4.69) is 69.4 Å². The molecule has 0 aliphatic rings. The van der Waals surface area contributed by atoms with Gasteiger partial charge >= 0.3 is 17.9 Å². The molecule has 0 aromatic carbocycles.